The van der Waals surface area contributed by atoms with Crippen molar-refractivity contribution in [1.82, 2.24) is 19.8 Å². The Morgan fingerprint density at radius 1 is 1.04 bits per heavy atom. The first-order valence-electron chi connectivity index (χ1n) is 15.6. The van der Waals surface area contributed by atoms with E-state index in [0.29, 0.717) is 25.2 Å². The van der Waals surface area contributed by atoms with Crippen molar-refractivity contribution in [2.24, 2.45) is 17.3 Å². The van der Waals surface area contributed by atoms with Gasteiger partial charge in [-0.15, -0.1) is 0 Å². The number of ether oxygens (including phenoxy) is 2. The number of piperidine rings is 2. The Kier molecular flexibility index (Phi) is 8.20. The number of fused-ring (bicyclic) bond motifs is 6. The van der Waals surface area contributed by atoms with Crippen LogP contribution in [-0.4, -0.2) is 79.1 Å². The van der Waals surface area contributed by atoms with E-state index in [4.69, 9.17) is 9.47 Å². The standard InChI is InChI=1S/C34H41N5O6S/c1-20-9-7-10-21(2)29(20)27-15-28-36-32(35-27)37-46(42,43)26-12-8-11-22(14-26)31(40)39(25(19-45-28)16-34(3,4)5)30-23-13-24(30)18-38(17-23)33(41)44-6/h7-12,14-15,23-25,30H,13,16-19H2,1-6H3,(H,35,36,37)/t23-,24+,25-,30+/m1/s1. The molecule has 1 aliphatic carbocycles. The van der Waals surface area contributed by atoms with Crippen LogP contribution < -0.4 is 9.46 Å². The Morgan fingerprint density at radius 3 is 2.37 bits per heavy atom. The molecule has 244 valence electrons. The number of aryl methyl sites for hydroxylation is 2. The number of anilines is 1. The van der Waals surface area contributed by atoms with Gasteiger partial charge in [0, 0.05) is 36.3 Å². The molecule has 12 heteroatoms. The van der Waals surface area contributed by atoms with Crippen molar-refractivity contribution in [1.29, 1.82) is 0 Å². The van der Waals surface area contributed by atoms with Gasteiger partial charge in [-0.2, -0.15) is 4.98 Å². The molecule has 3 aromatic rings. The number of amides is 2. The van der Waals surface area contributed by atoms with Crippen LogP contribution in [-0.2, 0) is 14.8 Å². The summed E-state index contributed by atoms with van der Waals surface area (Å²) in [6.07, 6.45) is 1.13. The van der Waals surface area contributed by atoms with Gasteiger partial charge in [0.2, 0.25) is 11.8 Å². The van der Waals surface area contributed by atoms with Gasteiger partial charge < -0.3 is 19.3 Å². The third kappa shape index (κ3) is 6.14. The van der Waals surface area contributed by atoms with Crippen molar-refractivity contribution in [2.75, 3.05) is 31.5 Å². The Balaban J connectivity index is 1.48. The lowest BCUT2D eigenvalue weighted by Crippen LogP contribution is -2.68. The molecule has 1 N–H and O–H groups in total. The van der Waals surface area contributed by atoms with E-state index >= 15 is 0 Å². The van der Waals surface area contributed by atoms with Crippen molar-refractivity contribution in [3.8, 4) is 17.1 Å². The van der Waals surface area contributed by atoms with Gasteiger partial charge in [-0.25, -0.2) is 22.9 Å². The van der Waals surface area contributed by atoms with Gasteiger partial charge in [0.25, 0.3) is 15.9 Å². The lowest BCUT2D eigenvalue weighted by atomic mass is 9.64. The molecule has 11 nitrogen and oxygen atoms in total. The van der Waals surface area contributed by atoms with Gasteiger partial charge in [0.15, 0.2) is 0 Å². The average molecular weight is 648 g/mol. The number of hydrogen-bond acceptors (Lipinski definition) is 8. The Labute approximate surface area is 270 Å². The van der Waals surface area contributed by atoms with E-state index in [0.717, 1.165) is 23.1 Å². The summed E-state index contributed by atoms with van der Waals surface area (Å²) in [4.78, 5) is 39.6. The first-order chi connectivity index (χ1) is 21.7. The van der Waals surface area contributed by atoms with Crippen LogP contribution >= 0.6 is 0 Å². The molecular formula is C34H41N5O6S. The minimum atomic E-state index is -4.17. The van der Waals surface area contributed by atoms with Crippen LogP contribution in [0.2, 0.25) is 0 Å². The number of nitrogens with one attached hydrogen (secondary N) is 1. The highest BCUT2D eigenvalue weighted by Crippen LogP contribution is 2.46. The second-order valence-corrected chi connectivity index (χ2v) is 15.6. The lowest BCUT2D eigenvalue weighted by Gasteiger charge is -2.58. The number of benzene rings is 2. The van der Waals surface area contributed by atoms with E-state index in [1.54, 1.807) is 23.1 Å². The fourth-order valence-corrected chi connectivity index (χ4v) is 8.27. The van der Waals surface area contributed by atoms with Crippen LogP contribution in [0.1, 0.15) is 55.1 Å². The van der Waals surface area contributed by atoms with Gasteiger partial charge in [-0.3, -0.25) is 4.79 Å². The number of aromatic nitrogens is 2. The Morgan fingerprint density at radius 2 is 1.72 bits per heavy atom. The highest BCUT2D eigenvalue weighted by molar-refractivity contribution is 7.92. The number of sulfonamides is 1. The number of rotatable bonds is 3. The minimum absolute atomic E-state index is 0.0508. The monoisotopic (exact) mass is 647 g/mol. The number of hydrogen-bond donors (Lipinski definition) is 1. The van der Waals surface area contributed by atoms with Crippen LogP contribution in [0.25, 0.3) is 11.3 Å². The lowest BCUT2D eigenvalue weighted by molar-refractivity contribution is -0.0789. The fraction of sp³-hybridized carbons (Fsp3) is 0.471. The van der Waals surface area contributed by atoms with E-state index in [9.17, 15) is 18.0 Å². The van der Waals surface area contributed by atoms with E-state index in [-0.39, 0.29) is 70.2 Å². The maximum atomic E-state index is 14.6. The zero-order valence-electron chi connectivity index (χ0n) is 27.1. The van der Waals surface area contributed by atoms with Crippen molar-refractivity contribution in [3.63, 3.8) is 0 Å². The predicted molar refractivity (Wildman–Crippen MR) is 173 cm³/mol. The Hall–Kier alpha value is -4.19. The molecule has 0 spiro atoms. The summed E-state index contributed by atoms with van der Waals surface area (Å²) in [5.74, 6) is -0.0842. The smallest absolute Gasteiger partial charge is 0.409 e. The Bertz CT molecular complexity index is 1760. The van der Waals surface area contributed by atoms with E-state index in [2.05, 4.69) is 35.5 Å². The average Bonchev–Trinajstić information content (AvgIpc) is 3.00. The number of methoxy groups -OCH3 is 1. The summed E-state index contributed by atoms with van der Waals surface area (Å²) in [6, 6.07) is 13.2. The van der Waals surface area contributed by atoms with Crippen molar-refractivity contribution in [3.05, 3.63) is 65.2 Å². The second-order valence-electron chi connectivity index (χ2n) is 13.9. The first-order valence-corrected chi connectivity index (χ1v) is 17.1. The molecule has 4 heterocycles. The number of carbonyl (C=O) groups excluding carboxylic acids is 2. The van der Waals surface area contributed by atoms with Gasteiger partial charge in [-0.05, 0) is 73.3 Å². The molecule has 6 bridgehead atoms. The predicted octanol–water partition coefficient (Wildman–Crippen LogP) is 5.29. The molecule has 2 aromatic carbocycles. The normalized spacial score (nSPS) is 23.9. The first kappa shape index (κ1) is 31.8. The van der Waals surface area contributed by atoms with Gasteiger partial charge in [-0.1, -0.05) is 45.0 Å². The molecular weight excluding hydrogens is 606 g/mol. The summed E-state index contributed by atoms with van der Waals surface area (Å²) in [5.41, 5.74) is 3.43. The van der Waals surface area contributed by atoms with E-state index in [1.807, 2.05) is 36.9 Å². The van der Waals surface area contributed by atoms with Crippen LogP contribution in [0.5, 0.6) is 5.88 Å². The third-order valence-corrected chi connectivity index (χ3v) is 10.5. The molecule has 4 atom stereocenters. The molecule has 2 amide bonds. The summed E-state index contributed by atoms with van der Waals surface area (Å²) in [5, 5.41) is 0. The summed E-state index contributed by atoms with van der Waals surface area (Å²) in [6.45, 7) is 11.4. The van der Waals surface area contributed by atoms with Crippen LogP contribution in [0.3, 0.4) is 0 Å². The largest absolute Gasteiger partial charge is 0.475 e. The third-order valence-electron chi connectivity index (χ3n) is 9.19. The summed E-state index contributed by atoms with van der Waals surface area (Å²) >= 11 is 0. The molecule has 46 heavy (non-hydrogen) atoms. The van der Waals surface area contributed by atoms with Crippen molar-refractivity contribution >= 4 is 28.0 Å². The van der Waals surface area contributed by atoms with E-state index < -0.39 is 10.0 Å². The topological polar surface area (TPSA) is 131 Å². The van der Waals surface area contributed by atoms with Crippen molar-refractivity contribution < 1.29 is 27.5 Å². The maximum absolute atomic E-state index is 14.6. The molecule has 2 saturated heterocycles. The number of carbonyl (C=O) groups is 2. The molecule has 4 aliphatic rings. The maximum Gasteiger partial charge on any atom is 0.409 e. The number of nitrogens with zero attached hydrogens (tertiary/aromatic N) is 4. The molecule has 0 radical (unpaired) electrons. The van der Waals surface area contributed by atoms with Gasteiger partial charge >= 0.3 is 6.09 Å². The highest BCUT2D eigenvalue weighted by atomic mass is 32.2. The van der Waals surface area contributed by atoms with Crippen LogP contribution in [0.4, 0.5) is 10.7 Å². The van der Waals surface area contributed by atoms with E-state index in [1.165, 1.54) is 19.2 Å². The van der Waals surface area contributed by atoms with Crippen LogP contribution in [0.15, 0.2) is 53.4 Å². The molecule has 1 saturated carbocycles. The molecule has 3 aliphatic heterocycles. The second kappa shape index (κ2) is 11.9. The summed E-state index contributed by atoms with van der Waals surface area (Å²) in [7, 11) is -2.79. The quantitative estimate of drug-likeness (QED) is 0.406. The fourth-order valence-electron chi connectivity index (χ4n) is 7.28. The molecule has 1 aromatic heterocycles. The van der Waals surface area contributed by atoms with Gasteiger partial charge in [0.1, 0.15) is 6.61 Å². The summed E-state index contributed by atoms with van der Waals surface area (Å²) < 4.78 is 41.3. The molecule has 7 rings (SSSR count). The SMILES string of the molecule is COC(=O)N1C[C@H]2C[C@@H](C1)[C@H]2N1C(=O)c2cccc(c2)S(=O)(=O)Nc2nc(cc(-c3c(C)cccc3C)n2)OC[C@H]1CC(C)(C)C. The minimum Gasteiger partial charge on any atom is -0.475 e. The zero-order valence-corrected chi connectivity index (χ0v) is 27.9. The zero-order chi connectivity index (χ0) is 33.0. The highest BCUT2D eigenvalue weighted by Gasteiger charge is 2.53. The molecule has 0 unspecified atom stereocenters. The molecule has 3 fully saturated rings. The van der Waals surface area contributed by atoms with Crippen molar-refractivity contribution in [2.45, 2.75) is 64.4 Å². The van der Waals surface area contributed by atoms with Crippen LogP contribution in [0, 0.1) is 31.1 Å². The van der Waals surface area contributed by atoms with Gasteiger partial charge in [0.05, 0.1) is 23.7 Å².